The first-order chi connectivity index (χ1) is 11.1. The Morgan fingerprint density at radius 3 is 2.91 bits per heavy atom. The Bertz CT molecular complexity index is 908. The number of hydrogen-bond donors (Lipinski definition) is 0. The molecule has 7 heteroatoms. The average molecular weight is 315 g/mol. The summed E-state index contributed by atoms with van der Waals surface area (Å²) in [6.07, 6.45) is 1.31. The number of fused-ring (bicyclic) bond motifs is 1. The molecule has 1 aromatic heterocycles. The smallest absolute Gasteiger partial charge is 0.331 e. The fraction of sp³-hybridized carbons (Fsp3) is 0.312. The van der Waals surface area contributed by atoms with E-state index in [1.807, 2.05) is 6.07 Å². The molecule has 1 aromatic carbocycles. The third-order valence-electron chi connectivity index (χ3n) is 3.82. The lowest BCUT2D eigenvalue weighted by molar-refractivity contribution is 0.290. The van der Waals surface area contributed by atoms with Crippen LogP contribution in [0.25, 0.3) is 0 Å². The van der Waals surface area contributed by atoms with Crippen LogP contribution in [0.3, 0.4) is 0 Å². The highest BCUT2D eigenvalue weighted by Gasteiger charge is 2.22. The summed E-state index contributed by atoms with van der Waals surface area (Å²) in [4.78, 5) is 24.6. The minimum absolute atomic E-state index is 0.00312. The van der Waals surface area contributed by atoms with Gasteiger partial charge in [0, 0.05) is 18.3 Å². The van der Waals surface area contributed by atoms with E-state index in [1.165, 1.54) is 22.8 Å². The molecule has 0 amide bonds. The number of benzene rings is 1. The first-order valence-electron chi connectivity index (χ1n) is 7.27. The highest BCUT2D eigenvalue weighted by atomic mass is 19.1. The number of halogens is 1. The summed E-state index contributed by atoms with van der Waals surface area (Å²) < 4.78 is 20.9. The van der Waals surface area contributed by atoms with Gasteiger partial charge in [-0.15, -0.1) is 0 Å². The number of rotatable bonds is 4. The number of nitriles is 1. The zero-order chi connectivity index (χ0) is 16.4. The molecule has 23 heavy (non-hydrogen) atoms. The molecule has 2 heterocycles. The van der Waals surface area contributed by atoms with E-state index in [9.17, 15) is 19.2 Å². The van der Waals surface area contributed by atoms with Crippen LogP contribution in [-0.4, -0.2) is 15.7 Å². The third-order valence-corrected chi connectivity index (χ3v) is 3.82. The molecule has 1 aliphatic heterocycles. The molecule has 0 spiro atoms. The van der Waals surface area contributed by atoms with Crippen LogP contribution in [0.4, 0.5) is 4.39 Å². The van der Waals surface area contributed by atoms with E-state index in [0.717, 1.165) is 11.0 Å². The quantitative estimate of drug-likeness (QED) is 0.845. The average Bonchev–Trinajstić information content (AvgIpc) is 3.01. The van der Waals surface area contributed by atoms with Crippen LogP contribution in [0.15, 0.2) is 33.9 Å². The van der Waals surface area contributed by atoms with Gasteiger partial charge in [-0.25, -0.2) is 9.18 Å². The topological polar surface area (TPSA) is 77.0 Å². The van der Waals surface area contributed by atoms with Crippen LogP contribution in [0.2, 0.25) is 0 Å². The van der Waals surface area contributed by atoms with E-state index in [2.05, 4.69) is 0 Å². The standard InChI is InChI=1S/C16H14FN3O3/c17-11-3-1-4-12(9-11)23-8-7-20-15(21)13(10-18)14-5-2-6-19(14)16(20)22/h1,3-4,9H,2,5-8H2. The Hall–Kier alpha value is -2.88. The van der Waals surface area contributed by atoms with Crippen LogP contribution in [0.5, 0.6) is 5.75 Å². The first-order valence-corrected chi connectivity index (χ1v) is 7.27. The van der Waals surface area contributed by atoms with Gasteiger partial charge in [-0.3, -0.25) is 13.9 Å². The van der Waals surface area contributed by atoms with Crippen LogP contribution < -0.4 is 16.0 Å². The summed E-state index contributed by atoms with van der Waals surface area (Å²) in [5, 5.41) is 9.18. The van der Waals surface area contributed by atoms with Crippen LogP contribution in [0, 0.1) is 17.1 Å². The second kappa shape index (κ2) is 6.08. The molecule has 3 rings (SSSR count). The van der Waals surface area contributed by atoms with Gasteiger partial charge in [-0.05, 0) is 25.0 Å². The Morgan fingerprint density at radius 2 is 2.17 bits per heavy atom. The monoisotopic (exact) mass is 315 g/mol. The summed E-state index contributed by atoms with van der Waals surface area (Å²) >= 11 is 0. The predicted molar refractivity (Wildman–Crippen MR) is 79.9 cm³/mol. The summed E-state index contributed by atoms with van der Waals surface area (Å²) in [5.74, 6) is -0.108. The lowest BCUT2D eigenvalue weighted by Gasteiger charge is -2.11. The highest BCUT2D eigenvalue weighted by Crippen LogP contribution is 2.14. The van der Waals surface area contributed by atoms with E-state index in [0.29, 0.717) is 24.4 Å². The van der Waals surface area contributed by atoms with Gasteiger partial charge in [0.25, 0.3) is 5.56 Å². The van der Waals surface area contributed by atoms with Crippen LogP contribution >= 0.6 is 0 Å². The van der Waals surface area contributed by atoms with Crippen molar-refractivity contribution in [3.8, 4) is 11.8 Å². The number of aromatic nitrogens is 2. The molecule has 0 bridgehead atoms. The molecule has 0 fully saturated rings. The minimum atomic E-state index is -0.589. The molecule has 0 unspecified atom stereocenters. The fourth-order valence-corrected chi connectivity index (χ4v) is 2.76. The molecular formula is C16H14FN3O3. The minimum Gasteiger partial charge on any atom is -0.492 e. The number of hydrogen-bond acceptors (Lipinski definition) is 4. The van der Waals surface area contributed by atoms with Gasteiger partial charge in [-0.2, -0.15) is 5.26 Å². The Morgan fingerprint density at radius 1 is 1.35 bits per heavy atom. The van der Waals surface area contributed by atoms with Gasteiger partial charge in [-0.1, -0.05) is 6.07 Å². The largest absolute Gasteiger partial charge is 0.492 e. The maximum atomic E-state index is 13.1. The zero-order valence-corrected chi connectivity index (χ0v) is 12.3. The third kappa shape index (κ3) is 2.75. The van der Waals surface area contributed by atoms with Crippen LogP contribution in [0.1, 0.15) is 17.7 Å². The summed E-state index contributed by atoms with van der Waals surface area (Å²) in [6.45, 7) is 0.542. The van der Waals surface area contributed by atoms with E-state index in [1.54, 1.807) is 6.07 Å². The van der Waals surface area contributed by atoms with Gasteiger partial charge in [0.15, 0.2) is 0 Å². The molecular weight excluding hydrogens is 301 g/mol. The van der Waals surface area contributed by atoms with E-state index >= 15 is 0 Å². The second-order valence-electron chi connectivity index (χ2n) is 5.23. The molecule has 0 radical (unpaired) electrons. The first kappa shape index (κ1) is 15.0. The maximum Gasteiger partial charge on any atom is 0.331 e. The zero-order valence-electron chi connectivity index (χ0n) is 12.3. The predicted octanol–water partition coefficient (Wildman–Crippen LogP) is 1.05. The molecule has 0 N–H and O–H groups in total. The molecule has 2 aromatic rings. The molecule has 0 aliphatic carbocycles. The lowest BCUT2D eigenvalue weighted by Crippen LogP contribution is -2.42. The number of nitrogens with zero attached hydrogens (tertiary/aromatic N) is 3. The molecule has 0 saturated carbocycles. The second-order valence-corrected chi connectivity index (χ2v) is 5.23. The van der Waals surface area contributed by atoms with E-state index in [-0.39, 0.29) is 18.7 Å². The van der Waals surface area contributed by atoms with Crippen molar-refractivity contribution in [3.63, 3.8) is 0 Å². The Kier molecular flexibility index (Phi) is 3.98. The Labute approximate surface area is 131 Å². The Balaban J connectivity index is 1.85. The van der Waals surface area contributed by atoms with Crippen molar-refractivity contribution in [2.75, 3.05) is 6.61 Å². The van der Waals surface area contributed by atoms with Crippen LogP contribution in [-0.2, 0) is 19.5 Å². The van der Waals surface area contributed by atoms with Gasteiger partial charge < -0.3 is 4.74 Å². The SMILES string of the molecule is N#Cc1c2n(c(=O)n(CCOc3cccc(F)c3)c1=O)CCC2. The van der Waals surface area contributed by atoms with E-state index < -0.39 is 17.1 Å². The van der Waals surface area contributed by atoms with Crippen molar-refractivity contribution in [1.82, 2.24) is 9.13 Å². The van der Waals surface area contributed by atoms with Crippen molar-refractivity contribution < 1.29 is 9.13 Å². The molecule has 118 valence electrons. The molecule has 1 aliphatic rings. The summed E-state index contributed by atoms with van der Waals surface area (Å²) in [7, 11) is 0. The van der Waals surface area contributed by atoms with Gasteiger partial charge >= 0.3 is 5.69 Å². The molecule has 0 atom stereocenters. The molecule has 0 saturated heterocycles. The fourth-order valence-electron chi connectivity index (χ4n) is 2.76. The van der Waals surface area contributed by atoms with E-state index in [4.69, 9.17) is 4.74 Å². The number of ether oxygens (including phenoxy) is 1. The normalized spacial score (nSPS) is 12.7. The van der Waals surface area contributed by atoms with Gasteiger partial charge in [0.05, 0.1) is 6.54 Å². The van der Waals surface area contributed by atoms with Crippen molar-refractivity contribution in [3.05, 3.63) is 62.2 Å². The van der Waals surface area contributed by atoms with Gasteiger partial charge in [0.1, 0.15) is 29.8 Å². The van der Waals surface area contributed by atoms with Crippen molar-refractivity contribution >= 4 is 0 Å². The van der Waals surface area contributed by atoms with Crippen molar-refractivity contribution in [2.45, 2.75) is 25.9 Å². The van der Waals surface area contributed by atoms with Gasteiger partial charge in [0.2, 0.25) is 0 Å². The maximum absolute atomic E-state index is 13.1. The summed E-state index contributed by atoms with van der Waals surface area (Å²) in [5.41, 5.74) is -0.476. The summed E-state index contributed by atoms with van der Waals surface area (Å²) in [6, 6.07) is 7.51. The highest BCUT2D eigenvalue weighted by molar-refractivity contribution is 5.32. The lowest BCUT2D eigenvalue weighted by atomic mass is 10.2. The van der Waals surface area contributed by atoms with Crippen molar-refractivity contribution in [1.29, 1.82) is 5.26 Å². The van der Waals surface area contributed by atoms with Crippen molar-refractivity contribution in [2.24, 2.45) is 0 Å². The molecule has 6 nitrogen and oxygen atoms in total.